The van der Waals surface area contributed by atoms with Crippen LogP contribution in [0.25, 0.3) is 0 Å². The standard InChI is InChI=1S/C12H21NO5/c1-7-5-12(9(15)16,11(2,3)4)8(14)6-13(7)10(17)18/h7-8,14H,5-6H2,1-4H3,(H,15,16)(H,17,18)/t7-,8?,12?/m1/s1. The van der Waals surface area contributed by atoms with Crippen LogP contribution in [0.4, 0.5) is 4.79 Å². The van der Waals surface area contributed by atoms with Crippen LogP contribution in [-0.4, -0.2) is 51.0 Å². The fourth-order valence-electron chi connectivity index (χ4n) is 2.86. The molecule has 0 saturated carbocycles. The summed E-state index contributed by atoms with van der Waals surface area (Å²) >= 11 is 0. The molecule has 2 unspecified atom stereocenters. The van der Waals surface area contributed by atoms with Gasteiger partial charge in [0.25, 0.3) is 0 Å². The topological polar surface area (TPSA) is 98.1 Å². The number of aliphatic hydroxyl groups is 1. The summed E-state index contributed by atoms with van der Waals surface area (Å²) in [7, 11) is 0. The average molecular weight is 259 g/mol. The van der Waals surface area contributed by atoms with Gasteiger partial charge in [-0.25, -0.2) is 4.79 Å². The van der Waals surface area contributed by atoms with Crippen LogP contribution in [0.2, 0.25) is 0 Å². The van der Waals surface area contributed by atoms with Gasteiger partial charge in [-0.1, -0.05) is 20.8 Å². The average Bonchev–Trinajstić information content (AvgIpc) is 2.18. The lowest BCUT2D eigenvalue weighted by molar-refractivity contribution is -0.180. The van der Waals surface area contributed by atoms with Crippen molar-refractivity contribution >= 4 is 12.1 Å². The SMILES string of the molecule is C[C@@H]1CC(C(=O)O)(C(C)(C)C)C(O)CN1C(=O)O. The molecule has 0 spiro atoms. The first-order valence-electron chi connectivity index (χ1n) is 5.95. The zero-order valence-electron chi connectivity index (χ0n) is 11.2. The Balaban J connectivity index is 3.18. The highest BCUT2D eigenvalue weighted by Gasteiger charge is 2.58. The van der Waals surface area contributed by atoms with E-state index in [0.717, 1.165) is 4.90 Å². The summed E-state index contributed by atoms with van der Waals surface area (Å²) < 4.78 is 0. The number of rotatable bonds is 1. The molecule has 104 valence electrons. The van der Waals surface area contributed by atoms with Crippen LogP contribution in [0.5, 0.6) is 0 Å². The van der Waals surface area contributed by atoms with E-state index in [9.17, 15) is 19.8 Å². The lowest BCUT2D eigenvalue weighted by Crippen LogP contribution is -2.63. The Hall–Kier alpha value is -1.30. The molecule has 3 atom stereocenters. The molecule has 0 aliphatic carbocycles. The molecular weight excluding hydrogens is 238 g/mol. The van der Waals surface area contributed by atoms with Gasteiger partial charge in [0, 0.05) is 6.04 Å². The van der Waals surface area contributed by atoms with Crippen molar-refractivity contribution in [2.45, 2.75) is 46.3 Å². The number of aliphatic carboxylic acids is 1. The summed E-state index contributed by atoms with van der Waals surface area (Å²) in [6.45, 7) is 6.78. The zero-order valence-corrected chi connectivity index (χ0v) is 11.2. The van der Waals surface area contributed by atoms with Crippen molar-refractivity contribution in [1.82, 2.24) is 4.90 Å². The number of hydrogen-bond acceptors (Lipinski definition) is 3. The number of carboxylic acid groups (broad SMARTS) is 2. The number of β-amino-alcohol motifs (C(OH)–C–C–N with tert-alkyl or cyclic N) is 1. The molecule has 18 heavy (non-hydrogen) atoms. The Kier molecular flexibility index (Phi) is 3.63. The number of carboxylic acids is 1. The number of amides is 1. The summed E-state index contributed by atoms with van der Waals surface area (Å²) in [5.41, 5.74) is -1.98. The van der Waals surface area contributed by atoms with E-state index in [1.54, 1.807) is 27.7 Å². The Labute approximate surface area is 106 Å². The van der Waals surface area contributed by atoms with Gasteiger partial charge in [-0.3, -0.25) is 4.79 Å². The minimum absolute atomic E-state index is 0.110. The van der Waals surface area contributed by atoms with Gasteiger partial charge in [0.15, 0.2) is 0 Å². The van der Waals surface area contributed by atoms with Crippen LogP contribution in [0.15, 0.2) is 0 Å². The Bertz CT molecular complexity index is 362. The minimum atomic E-state index is -1.32. The smallest absolute Gasteiger partial charge is 0.407 e. The molecule has 6 nitrogen and oxygen atoms in total. The lowest BCUT2D eigenvalue weighted by atomic mass is 9.58. The normalized spacial score (nSPS) is 33.3. The van der Waals surface area contributed by atoms with E-state index >= 15 is 0 Å². The van der Waals surface area contributed by atoms with E-state index in [1.807, 2.05) is 0 Å². The van der Waals surface area contributed by atoms with E-state index in [-0.39, 0.29) is 13.0 Å². The van der Waals surface area contributed by atoms with E-state index in [1.165, 1.54) is 0 Å². The van der Waals surface area contributed by atoms with Gasteiger partial charge in [-0.2, -0.15) is 0 Å². The second kappa shape index (κ2) is 4.42. The summed E-state index contributed by atoms with van der Waals surface area (Å²) in [6.07, 6.45) is -2.23. The summed E-state index contributed by atoms with van der Waals surface area (Å²) in [6, 6.07) is -0.429. The van der Waals surface area contributed by atoms with Crippen molar-refractivity contribution in [3.8, 4) is 0 Å². The molecule has 0 radical (unpaired) electrons. The van der Waals surface area contributed by atoms with Crippen LogP contribution in [0, 0.1) is 10.8 Å². The van der Waals surface area contributed by atoms with E-state index in [4.69, 9.17) is 5.11 Å². The van der Waals surface area contributed by atoms with E-state index in [2.05, 4.69) is 0 Å². The lowest BCUT2D eigenvalue weighted by Gasteiger charge is -2.51. The predicted molar refractivity (Wildman–Crippen MR) is 64.3 cm³/mol. The predicted octanol–water partition coefficient (Wildman–Crippen LogP) is 1.24. The fourth-order valence-corrected chi connectivity index (χ4v) is 2.86. The Morgan fingerprint density at radius 3 is 2.11 bits per heavy atom. The molecule has 1 aliphatic rings. The van der Waals surface area contributed by atoms with Gasteiger partial charge >= 0.3 is 12.1 Å². The van der Waals surface area contributed by atoms with Crippen LogP contribution in [-0.2, 0) is 4.79 Å². The highest BCUT2D eigenvalue weighted by molar-refractivity contribution is 5.77. The number of carbonyl (C=O) groups is 2. The van der Waals surface area contributed by atoms with Crippen molar-refractivity contribution in [2.24, 2.45) is 10.8 Å². The van der Waals surface area contributed by atoms with Crippen molar-refractivity contribution in [3.05, 3.63) is 0 Å². The maximum atomic E-state index is 11.6. The molecule has 1 fully saturated rings. The highest BCUT2D eigenvalue weighted by Crippen LogP contribution is 2.48. The first kappa shape index (κ1) is 14.8. The molecule has 0 aromatic carbocycles. The van der Waals surface area contributed by atoms with Crippen LogP contribution in [0.1, 0.15) is 34.1 Å². The zero-order chi connectivity index (χ0) is 14.3. The van der Waals surface area contributed by atoms with Gasteiger partial charge < -0.3 is 20.2 Å². The maximum Gasteiger partial charge on any atom is 0.407 e. The van der Waals surface area contributed by atoms with E-state index < -0.39 is 35.0 Å². The van der Waals surface area contributed by atoms with Crippen LogP contribution in [0.3, 0.4) is 0 Å². The number of hydrogen-bond donors (Lipinski definition) is 3. The molecule has 1 heterocycles. The summed E-state index contributed by atoms with van der Waals surface area (Å²) in [4.78, 5) is 23.7. The van der Waals surface area contributed by atoms with Crippen molar-refractivity contribution in [2.75, 3.05) is 6.54 Å². The molecule has 1 amide bonds. The first-order valence-corrected chi connectivity index (χ1v) is 5.95. The summed E-state index contributed by atoms with van der Waals surface area (Å²) in [5, 5.41) is 28.7. The maximum absolute atomic E-state index is 11.6. The Morgan fingerprint density at radius 2 is 1.78 bits per heavy atom. The third-order valence-electron chi connectivity index (χ3n) is 4.05. The van der Waals surface area contributed by atoms with Gasteiger partial charge in [-0.15, -0.1) is 0 Å². The molecule has 3 N–H and O–H groups in total. The molecule has 0 bridgehead atoms. The molecule has 0 aromatic rings. The number of piperidine rings is 1. The second-order valence-corrected chi connectivity index (χ2v) is 6.03. The quantitative estimate of drug-likeness (QED) is 0.658. The van der Waals surface area contributed by atoms with E-state index in [0.29, 0.717) is 0 Å². The molecule has 6 heteroatoms. The number of likely N-dealkylation sites (tertiary alicyclic amines) is 1. The minimum Gasteiger partial charge on any atom is -0.481 e. The fraction of sp³-hybridized carbons (Fsp3) is 0.833. The molecule has 1 saturated heterocycles. The van der Waals surface area contributed by atoms with Crippen LogP contribution >= 0.6 is 0 Å². The third-order valence-corrected chi connectivity index (χ3v) is 4.05. The largest absolute Gasteiger partial charge is 0.481 e. The second-order valence-electron chi connectivity index (χ2n) is 6.03. The van der Waals surface area contributed by atoms with Gasteiger partial charge in [0.2, 0.25) is 0 Å². The Morgan fingerprint density at radius 1 is 1.28 bits per heavy atom. The van der Waals surface area contributed by atoms with Gasteiger partial charge in [-0.05, 0) is 18.8 Å². The van der Waals surface area contributed by atoms with Crippen molar-refractivity contribution in [3.63, 3.8) is 0 Å². The van der Waals surface area contributed by atoms with Crippen molar-refractivity contribution in [1.29, 1.82) is 0 Å². The molecular formula is C12H21NO5. The third kappa shape index (κ3) is 2.05. The number of aliphatic hydroxyl groups excluding tert-OH is 1. The highest BCUT2D eigenvalue weighted by atomic mass is 16.4. The number of nitrogens with zero attached hydrogens (tertiary/aromatic N) is 1. The van der Waals surface area contributed by atoms with Crippen molar-refractivity contribution < 1.29 is 24.9 Å². The summed E-state index contributed by atoms with van der Waals surface area (Å²) in [5.74, 6) is -1.07. The first-order chi connectivity index (χ1) is 8.04. The van der Waals surface area contributed by atoms with Crippen LogP contribution < -0.4 is 0 Å². The monoisotopic (exact) mass is 259 g/mol. The molecule has 0 aromatic heterocycles. The molecule has 1 rings (SSSR count). The van der Waals surface area contributed by atoms with Gasteiger partial charge in [0.05, 0.1) is 12.6 Å². The van der Waals surface area contributed by atoms with Gasteiger partial charge in [0.1, 0.15) is 5.41 Å². The molecule has 1 aliphatic heterocycles.